The quantitative estimate of drug-likeness (QED) is 0.793. The maximum Gasteiger partial charge on any atom is 0.223 e. The average molecular weight is 262 g/mol. The Morgan fingerprint density at radius 2 is 1.95 bits per heavy atom. The summed E-state index contributed by atoms with van der Waals surface area (Å²) in [5.41, 5.74) is 7.89. The summed E-state index contributed by atoms with van der Waals surface area (Å²) in [7, 11) is 0. The van der Waals surface area contributed by atoms with Crippen LogP contribution < -0.4 is 11.1 Å². The first kappa shape index (κ1) is 15.7. The molecule has 106 valence electrons. The number of carbonyl (C=O) groups is 1. The number of rotatable bonds is 7. The standard InChI is InChI=1S/C16H26N2O/c1-4-15(14-9-7-12(2)8-10-14)18-16(19)13(3)6-5-11-17/h7-10,13,15H,4-6,11,17H2,1-3H3,(H,18,19). The number of aryl methyl sites for hydroxylation is 1. The third-order valence-electron chi connectivity index (χ3n) is 3.49. The first-order valence-electron chi connectivity index (χ1n) is 7.15. The van der Waals surface area contributed by atoms with E-state index in [1.165, 1.54) is 11.1 Å². The number of amides is 1. The molecule has 3 nitrogen and oxygen atoms in total. The van der Waals surface area contributed by atoms with Crippen LogP contribution in [0.2, 0.25) is 0 Å². The molecule has 0 bridgehead atoms. The fourth-order valence-electron chi connectivity index (χ4n) is 2.09. The fourth-order valence-corrected chi connectivity index (χ4v) is 2.09. The van der Waals surface area contributed by atoms with Crippen molar-refractivity contribution in [1.82, 2.24) is 5.32 Å². The normalized spacial score (nSPS) is 13.9. The summed E-state index contributed by atoms with van der Waals surface area (Å²) < 4.78 is 0. The van der Waals surface area contributed by atoms with Gasteiger partial charge >= 0.3 is 0 Å². The SMILES string of the molecule is CCC(NC(=O)C(C)CCCN)c1ccc(C)cc1. The third-order valence-corrected chi connectivity index (χ3v) is 3.49. The van der Waals surface area contributed by atoms with Crippen LogP contribution >= 0.6 is 0 Å². The van der Waals surface area contributed by atoms with Gasteiger partial charge in [0.2, 0.25) is 5.91 Å². The van der Waals surface area contributed by atoms with Crippen LogP contribution in [0.15, 0.2) is 24.3 Å². The van der Waals surface area contributed by atoms with Crippen molar-refractivity contribution in [2.24, 2.45) is 11.7 Å². The average Bonchev–Trinajstić information content (AvgIpc) is 2.42. The van der Waals surface area contributed by atoms with E-state index in [1.54, 1.807) is 0 Å². The maximum atomic E-state index is 12.1. The lowest BCUT2D eigenvalue weighted by atomic mass is 10.00. The van der Waals surface area contributed by atoms with Gasteiger partial charge in [-0.1, -0.05) is 43.7 Å². The topological polar surface area (TPSA) is 55.1 Å². The van der Waals surface area contributed by atoms with Crippen molar-refractivity contribution >= 4 is 5.91 Å². The number of nitrogens with two attached hydrogens (primary N) is 1. The molecule has 3 N–H and O–H groups in total. The van der Waals surface area contributed by atoms with Crippen molar-refractivity contribution in [3.8, 4) is 0 Å². The molecule has 0 spiro atoms. The molecule has 2 atom stereocenters. The molecular formula is C16H26N2O. The fraction of sp³-hybridized carbons (Fsp3) is 0.562. The molecule has 0 saturated carbocycles. The van der Waals surface area contributed by atoms with Gasteiger partial charge in [-0.15, -0.1) is 0 Å². The Balaban J connectivity index is 2.61. The minimum atomic E-state index is 0.0306. The van der Waals surface area contributed by atoms with Crippen molar-refractivity contribution < 1.29 is 4.79 Å². The molecule has 1 amide bonds. The molecule has 0 aliphatic heterocycles. The van der Waals surface area contributed by atoms with Crippen LogP contribution in [0.25, 0.3) is 0 Å². The highest BCUT2D eigenvalue weighted by atomic mass is 16.1. The van der Waals surface area contributed by atoms with E-state index in [-0.39, 0.29) is 17.9 Å². The molecule has 0 saturated heterocycles. The second-order valence-corrected chi connectivity index (χ2v) is 5.21. The Hall–Kier alpha value is -1.35. The summed E-state index contributed by atoms with van der Waals surface area (Å²) in [6.45, 7) is 6.77. The third kappa shape index (κ3) is 5.03. The summed E-state index contributed by atoms with van der Waals surface area (Å²) in [4.78, 5) is 12.1. The summed E-state index contributed by atoms with van der Waals surface area (Å²) in [6.07, 6.45) is 2.65. The van der Waals surface area contributed by atoms with Crippen molar-refractivity contribution in [2.45, 2.75) is 46.1 Å². The Morgan fingerprint density at radius 1 is 1.32 bits per heavy atom. The van der Waals surface area contributed by atoms with E-state index < -0.39 is 0 Å². The molecule has 0 aromatic heterocycles. The lowest BCUT2D eigenvalue weighted by Crippen LogP contribution is -2.32. The van der Waals surface area contributed by atoms with Crippen molar-refractivity contribution in [2.75, 3.05) is 6.54 Å². The van der Waals surface area contributed by atoms with Gasteiger partial charge in [-0.2, -0.15) is 0 Å². The van der Waals surface area contributed by atoms with Crippen LogP contribution in [-0.4, -0.2) is 12.5 Å². The van der Waals surface area contributed by atoms with E-state index in [1.807, 2.05) is 6.92 Å². The minimum Gasteiger partial charge on any atom is -0.349 e. The van der Waals surface area contributed by atoms with Gasteiger partial charge in [0.05, 0.1) is 6.04 Å². The lowest BCUT2D eigenvalue weighted by molar-refractivity contribution is -0.125. The van der Waals surface area contributed by atoms with Crippen LogP contribution in [0.1, 0.15) is 50.3 Å². The first-order valence-corrected chi connectivity index (χ1v) is 7.15. The molecule has 0 radical (unpaired) electrons. The molecule has 1 aromatic carbocycles. The number of hydrogen-bond acceptors (Lipinski definition) is 2. The molecule has 19 heavy (non-hydrogen) atoms. The van der Waals surface area contributed by atoms with Gasteiger partial charge in [0.25, 0.3) is 0 Å². The Morgan fingerprint density at radius 3 is 2.47 bits per heavy atom. The molecule has 0 aliphatic rings. The monoisotopic (exact) mass is 262 g/mol. The van der Waals surface area contributed by atoms with E-state index in [0.717, 1.165) is 19.3 Å². The van der Waals surface area contributed by atoms with Crippen LogP contribution in [0.3, 0.4) is 0 Å². The van der Waals surface area contributed by atoms with Crippen LogP contribution in [0.4, 0.5) is 0 Å². The molecule has 1 rings (SSSR count). The molecule has 0 fully saturated rings. The number of hydrogen-bond donors (Lipinski definition) is 2. The minimum absolute atomic E-state index is 0.0306. The Bertz CT molecular complexity index is 386. The first-order chi connectivity index (χ1) is 9.08. The van der Waals surface area contributed by atoms with E-state index in [9.17, 15) is 4.79 Å². The van der Waals surface area contributed by atoms with Gasteiger partial charge in [0.1, 0.15) is 0 Å². The second-order valence-electron chi connectivity index (χ2n) is 5.21. The van der Waals surface area contributed by atoms with Crippen molar-refractivity contribution in [3.63, 3.8) is 0 Å². The van der Waals surface area contributed by atoms with E-state index in [4.69, 9.17) is 5.73 Å². The van der Waals surface area contributed by atoms with Crippen LogP contribution in [0.5, 0.6) is 0 Å². The van der Waals surface area contributed by atoms with Gasteiger partial charge in [0, 0.05) is 5.92 Å². The molecule has 1 aromatic rings. The van der Waals surface area contributed by atoms with Crippen LogP contribution in [-0.2, 0) is 4.79 Å². The smallest absolute Gasteiger partial charge is 0.223 e. The number of nitrogens with one attached hydrogen (secondary N) is 1. The molecule has 0 aliphatic carbocycles. The molecule has 0 heterocycles. The second kappa shape index (κ2) is 7.95. The summed E-state index contributed by atoms with van der Waals surface area (Å²) in [6, 6.07) is 8.46. The van der Waals surface area contributed by atoms with E-state index in [0.29, 0.717) is 6.54 Å². The Labute approximate surface area is 116 Å². The summed E-state index contributed by atoms with van der Waals surface area (Å²) >= 11 is 0. The predicted octanol–water partition coefficient (Wildman–Crippen LogP) is 2.94. The van der Waals surface area contributed by atoms with Crippen LogP contribution in [0, 0.1) is 12.8 Å². The zero-order chi connectivity index (χ0) is 14.3. The summed E-state index contributed by atoms with van der Waals surface area (Å²) in [5, 5.41) is 3.13. The maximum absolute atomic E-state index is 12.1. The zero-order valence-electron chi connectivity index (χ0n) is 12.3. The highest BCUT2D eigenvalue weighted by molar-refractivity contribution is 5.78. The highest BCUT2D eigenvalue weighted by Crippen LogP contribution is 2.18. The van der Waals surface area contributed by atoms with Crippen molar-refractivity contribution in [1.29, 1.82) is 0 Å². The molecule has 3 heteroatoms. The molecular weight excluding hydrogens is 236 g/mol. The highest BCUT2D eigenvalue weighted by Gasteiger charge is 2.17. The lowest BCUT2D eigenvalue weighted by Gasteiger charge is -2.20. The predicted molar refractivity (Wildman–Crippen MR) is 79.8 cm³/mol. The van der Waals surface area contributed by atoms with Gasteiger partial charge in [-0.25, -0.2) is 0 Å². The largest absolute Gasteiger partial charge is 0.349 e. The number of benzene rings is 1. The van der Waals surface area contributed by atoms with Gasteiger partial charge in [-0.3, -0.25) is 4.79 Å². The number of carbonyl (C=O) groups excluding carboxylic acids is 1. The van der Waals surface area contributed by atoms with Gasteiger partial charge < -0.3 is 11.1 Å². The molecule has 2 unspecified atom stereocenters. The van der Waals surface area contributed by atoms with Gasteiger partial charge in [0.15, 0.2) is 0 Å². The van der Waals surface area contributed by atoms with E-state index >= 15 is 0 Å². The Kier molecular flexibility index (Phi) is 6.57. The van der Waals surface area contributed by atoms with E-state index in [2.05, 4.69) is 43.4 Å². The summed E-state index contributed by atoms with van der Waals surface area (Å²) in [5.74, 6) is 0.156. The van der Waals surface area contributed by atoms with Crippen molar-refractivity contribution in [3.05, 3.63) is 35.4 Å². The van der Waals surface area contributed by atoms with Gasteiger partial charge in [-0.05, 0) is 38.3 Å². The zero-order valence-corrected chi connectivity index (χ0v) is 12.3.